The fourth-order valence-corrected chi connectivity index (χ4v) is 3.89. The molecule has 0 atom stereocenters. The van der Waals surface area contributed by atoms with Crippen molar-refractivity contribution in [1.29, 1.82) is 0 Å². The molecular weight excluding hydrogens is 319 g/mol. The van der Waals surface area contributed by atoms with E-state index in [4.69, 9.17) is 0 Å². The van der Waals surface area contributed by atoms with E-state index in [0.717, 1.165) is 15.4 Å². The Morgan fingerprint density at radius 3 is 2.50 bits per heavy atom. The molecule has 3 aromatic rings. The Hall–Kier alpha value is -2.23. The molecule has 98 valence electrons. The van der Waals surface area contributed by atoms with Gasteiger partial charge in [0.1, 0.15) is 0 Å². The predicted octanol–water partition coefficient (Wildman–Crippen LogP) is 1.80. The third-order valence-electron chi connectivity index (χ3n) is 2.87. The van der Waals surface area contributed by atoms with Crippen LogP contribution in [0.15, 0.2) is 60.8 Å². The third-order valence-corrected chi connectivity index (χ3v) is 5.09. The summed E-state index contributed by atoms with van der Waals surface area (Å²) in [7, 11) is 0. The van der Waals surface area contributed by atoms with Gasteiger partial charge in [-0.05, 0) is 0 Å². The summed E-state index contributed by atoms with van der Waals surface area (Å²) in [5, 5.41) is 11.8. The zero-order chi connectivity index (χ0) is 13.9. The number of para-hydroxylation sites is 1. The first-order chi connectivity index (χ1) is 9.74. The summed E-state index contributed by atoms with van der Waals surface area (Å²) in [4.78, 5) is 14.7. The van der Waals surface area contributed by atoms with Crippen LogP contribution in [0.1, 0.15) is 0 Å². The van der Waals surface area contributed by atoms with Crippen molar-refractivity contribution in [3.63, 3.8) is 0 Å². The van der Waals surface area contributed by atoms with Gasteiger partial charge in [0.2, 0.25) is 0 Å². The normalized spacial score (nSPS) is 10.6. The molecule has 0 aliphatic heterocycles. The van der Waals surface area contributed by atoms with Crippen LogP contribution in [0.3, 0.4) is 0 Å². The zero-order valence-electron chi connectivity index (χ0n) is 10.4. The summed E-state index contributed by atoms with van der Waals surface area (Å²) in [6.07, 6.45) is 1.79. The van der Waals surface area contributed by atoms with Crippen molar-refractivity contribution in [3.8, 4) is 0 Å². The molecule has 0 saturated heterocycles. The number of fused-ring (bicyclic) bond motifs is 1. The number of hydrogen-bond donors (Lipinski definition) is 0. The Bertz CT molecular complexity index is 767. The van der Waals surface area contributed by atoms with Gasteiger partial charge in [0.15, 0.2) is 0 Å². The van der Waals surface area contributed by atoms with Gasteiger partial charge in [-0.25, -0.2) is 0 Å². The number of benzene rings is 2. The number of nitrogens with zero attached hydrogens (tertiary/aromatic N) is 2. The second-order valence-corrected chi connectivity index (χ2v) is 6.52. The summed E-state index contributed by atoms with van der Waals surface area (Å²) in [5.41, 5.74) is 1.13. The van der Waals surface area contributed by atoms with E-state index in [1.807, 2.05) is 36.4 Å². The molecular formula is C15H10N2O2Se. The molecule has 0 saturated carbocycles. The van der Waals surface area contributed by atoms with Crippen LogP contribution in [0.2, 0.25) is 0 Å². The summed E-state index contributed by atoms with van der Waals surface area (Å²) in [5.74, 6) is 0. The topological polar surface area (TPSA) is 56.0 Å². The molecule has 0 aliphatic rings. The minimum atomic E-state index is -0.379. The van der Waals surface area contributed by atoms with E-state index in [1.165, 1.54) is 4.46 Å². The van der Waals surface area contributed by atoms with Crippen LogP contribution in [0.4, 0.5) is 5.69 Å². The quantitative estimate of drug-likeness (QED) is 0.418. The molecule has 0 bridgehead atoms. The van der Waals surface area contributed by atoms with Gasteiger partial charge in [0.25, 0.3) is 0 Å². The molecule has 0 N–H and O–H groups in total. The minimum absolute atomic E-state index is 0.0863. The number of nitro benzene ring substituents is 1. The first kappa shape index (κ1) is 12.8. The number of aromatic nitrogens is 1. The molecule has 1 heterocycles. The number of nitro groups is 1. The van der Waals surface area contributed by atoms with Gasteiger partial charge in [-0.3, -0.25) is 0 Å². The van der Waals surface area contributed by atoms with Gasteiger partial charge in [0, 0.05) is 0 Å². The van der Waals surface area contributed by atoms with Crippen molar-refractivity contribution in [3.05, 3.63) is 70.9 Å². The SMILES string of the molecule is O=[N+]([O-])c1ccc([Se]c2cccc3cccnc23)cc1. The van der Waals surface area contributed by atoms with Gasteiger partial charge in [-0.15, -0.1) is 0 Å². The Labute approximate surface area is 121 Å². The molecule has 0 unspecified atom stereocenters. The molecule has 3 rings (SSSR count). The van der Waals surface area contributed by atoms with Gasteiger partial charge >= 0.3 is 121 Å². The van der Waals surface area contributed by atoms with E-state index in [-0.39, 0.29) is 25.6 Å². The standard InChI is InChI=1S/C15H10N2O2Se/c18-17(19)12-6-8-13(9-7-12)20-14-5-1-3-11-4-2-10-16-15(11)14/h1-10H. The molecule has 2 aromatic carbocycles. The first-order valence-electron chi connectivity index (χ1n) is 6.00. The van der Waals surface area contributed by atoms with Crippen LogP contribution in [0.5, 0.6) is 0 Å². The second kappa shape index (κ2) is 5.41. The second-order valence-electron chi connectivity index (χ2n) is 4.18. The third kappa shape index (κ3) is 2.54. The molecule has 0 amide bonds. The zero-order valence-corrected chi connectivity index (χ0v) is 12.1. The molecule has 5 heteroatoms. The van der Waals surface area contributed by atoms with Crippen LogP contribution in [0, 0.1) is 10.1 Å². The fraction of sp³-hybridized carbons (Fsp3) is 0. The van der Waals surface area contributed by atoms with Crippen molar-refractivity contribution < 1.29 is 4.92 Å². The molecule has 20 heavy (non-hydrogen) atoms. The summed E-state index contributed by atoms with van der Waals surface area (Å²) in [6.45, 7) is 0. The molecule has 4 nitrogen and oxygen atoms in total. The maximum atomic E-state index is 10.6. The van der Waals surface area contributed by atoms with Crippen molar-refractivity contribution in [1.82, 2.24) is 4.98 Å². The van der Waals surface area contributed by atoms with E-state index in [1.54, 1.807) is 18.3 Å². The van der Waals surface area contributed by atoms with Crippen molar-refractivity contribution in [2.24, 2.45) is 0 Å². The summed E-state index contributed by atoms with van der Waals surface area (Å²) in [6, 6.07) is 16.8. The Morgan fingerprint density at radius 2 is 1.75 bits per heavy atom. The predicted molar refractivity (Wildman–Crippen MR) is 79.9 cm³/mol. The molecule has 0 radical (unpaired) electrons. The van der Waals surface area contributed by atoms with Crippen LogP contribution in [-0.4, -0.2) is 24.9 Å². The number of rotatable bonds is 3. The molecule has 0 spiro atoms. The van der Waals surface area contributed by atoms with Gasteiger partial charge in [-0.2, -0.15) is 0 Å². The van der Waals surface area contributed by atoms with E-state index < -0.39 is 0 Å². The van der Waals surface area contributed by atoms with Crippen LogP contribution in [-0.2, 0) is 0 Å². The first-order valence-corrected chi connectivity index (χ1v) is 7.71. The molecule has 0 fully saturated rings. The number of non-ortho nitro benzene ring substituents is 1. The Morgan fingerprint density at radius 1 is 1.00 bits per heavy atom. The Balaban J connectivity index is 1.95. The monoisotopic (exact) mass is 330 g/mol. The van der Waals surface area contributed by atoms with E-state index in [9.17, 15) is 10.1 Å². The van der Waals surface area contributed by atoms with Crippen molar-refractivity contribution in [2.45, 2.75) is 0 Å². The summed E-state index contributed by atoms with van der Waals surface area (Å²) < 4.78 is 2.28. The van der Waals surface area contributed by atoms with E-state index >= 15 is 0 Å². The maximum absolute atomic E-state index is 10.6. The van der Waals surface area contributed by atoms with Gasteiger partial charge in [0.05, 0.1) is 0 Å². The van der Waals surface area contributed by atoms with Gasteiger partial charge < -0.3 is 0 Å². The number of pyridine rings is 1. The fourth-order valence-electron chi connectivity index (χ4n) is 1.92. The summed E-state index contributed by atoms with van der Waals surface area (Å²) >= 11 is 0.0863. The molecule has 1 aromatic heterocycles. The van der Waals surface area contributed by atoms with E-state index in [2.05, 4.69) is 11.1 Å². The van der Waals surface area contributed by atoms with Gasteiger partial charge in [-0.1, -0.05) is 0 Å². The van der Waals surface area contributed by atoms with Crippen molar-refractivity contribution in [2.75, 3.05) is 0 Å². The average molecular weight is 329 g/mol. The number of hydrogen-bond acceptors (Lipinski definition) is 3. The van der Waals surface area contributed by atoms with Crippen LogP contribution >= 0.6 is 0 Å². The van der Waals surface area contributed by atoms with E-state index in [0.29, 0.717) is 0 Å². The van der Waals surface area contributed by atoms with Crippen LogP contribution in [0.25, 0.3) is 10.9 Å². The Kier molecular flexibility index (Phi) is 3.46. The average Bonchev–Trinajstić information content (AvgIpc) is 2.48. The molecule has 0 aliphatic carbocycles. The van der Waals surface area contributed by atoms with Crippen LogP contribution < -0.4 is 8.92 Å². The van der Waals surface area contributed by atoms with Crippen molar-refractivity contribution >= 4 is 40.5 Å².